The number of aromatic amines is 1. The van der Waals surface area contributed by atoms with E-state index in [0.717, 1.165) is 76.7 Å². The van der Waals surface area contributed by atoms with Crippen LogP contribution in [-0.2, 0) is 11.3 Å². The van der Waals surface area contributed by atoms with E-state index in [-0.39, 0.29) is 5.56 Å². The molecule has 4 rings (SSSR count). The number of nitrogens with zero attached hydrogens (tertiary/aromatic N) is 4. The molecule has 2 saturated heterocycles. The van der Waals surface area contributed by atoms with Crippen molar-refractivity contribution in [2.75, 3.05) is 71.0 Å². The smallest absolute Gasteiger partial charge is 0.262 e. The molecule has 0 radical (unpaired) electrons. The van der Waals surface area contributed by atoms with Crippen LogP contribution >= 0.6 is 12.2 Å². The van der Waals surface area contributed by atoms with E-state index >= 15 is 0 Å². The van der Waals surface area contributed by atoms with Crippen LogP contribution in [0.2, 0.25) is 0 Å². The Morgan fingerprint density at radius 1 is 1.07 bits per heavy atom. The number of morpholine rings is 1. The van der Waals surface area contributed by atoms with Crippen LogP contribution in [0.5, 0.6) is 0 Å². The maximum absolute atomic E-state index is 13.1. The van der Waals surface area contributed by atoms with Gasteiger partial charge in [0.15, 0.2) is 4.77 Å². The van der Waals surface area contributed by atoms with Gasteiger partial charge in [-0.3, -0.25) is 9.36 Å². The lowest BCUT2D eigenvalue weighted by Crippen LogP contribution is -2.44. The minimum atomic E-state index is 0.00670. The van der Waals surface area contributed by atoms with Crippen LogP contribution in [0.4, 0.5) is 5.69 Å². The molecule has 1 aromatic heterocycles. The van der Waals surface area contributed by atoms with Crippen molar-refractivity contribution in [2.24, 2.45) is 0 Å². The summed E-state index contributed by atoms with van der Waals surface area (Å²) in [6.45, 7) is 9.23. The van der Waals surface area contributed by atoms with Gasteiger partial charge in [-0.15, -0.1) is 0 Å². The first-order chi connectivity index (χ1) is 13.6. The molecular formula is C20H29N5O2S. The summed E-state index contributed by atoms with van der Waals surface area (Å²) in [5, 5.41) is 0.706. The van der Waals surface area contributed by atoms with Gasteiger partial charge in [0.1, 0.15) is 0 Å². The summed E-state index contributed by atoms with van der Waals surface area (Å²) >= 11 is 5.47. The molecule has 0 unspecified atom stereocenters. The zero-order valence-electron chi connectivity index (χ0n) is 16.5. The van der Waals surface area contributed by atoms with Crippen LogP contribution in [0.3, 0.4) is 0 Å². The first-order valence-electron chi connectivity index (χ1n) is 10.1. The fraction of sp³-hybridized carbons (Fsp3) is 0.600. The highest BCUT2D eigenvalue weighted by atomic mass is 32.1. The largest absolute Gasteiger partial charge is 0.378 e. The van der Waals surface area contributed by atoms with Gasteiger partial charge in [0.2, 0.25) is 0 Å². The monoisotopic (exact) mass is 403 g/mol. The number of piperazine rings is 1. The van der Waals surface area contributed by atoms with Crippen LogP contribution < -0.4 is 10.5 Å². The number of H-pyrrole nitrogens is 1. The Morgan fingerprint density at radius 3 is 2.57 bits per heavy atom. The summed E-state index contributed by atoms with van der Waals surface area (Å²) in [4.78, 5) is 23.4. The zero-order chi connectivity index (χ0) is 19.5. The lowest BCUT2D eigenvalue weighted by molar-refractivity contribution is 0.122. The zero-order valence-corrected chi connectivity index (χ0v) is 17.3. The van der Waals surface area contributed by atoms with E-state index in [0.29, 0.717) is 16.7 Å². The second kappa shape index (κ2) is 8.73. The predicted molar refractivity (Wildman–Crippen MR) is 115 cm³/mol. The third kappa shape index (κ3) is 4.30. The van der Waals surface area contributed by atoms with Crippen LogP contribution in [-0.4, -0.2) is 85.4 Å². The minimum Gasteiger partial charge on any atom is -0.378 e. The van der Waals surface area contributed by atoms with Crippen molar-refractivity contribution in [3.63, 3.8) is 0 Å². The molecule has 2 aliphatic heterocycles. The Kier molecular flexibility index (Phi) is 6.10. The molecule has 0 atom stereocenters. The van der Waals surface area contributed by atoms with Crippen molar-refractivity contribution in [3.8, 4) is 0 Å². The quantitative estimate of drug-likeness (QED) is 0.765. The highest BCUT2D eigenvalue weighted by Crippen LogP contribution is 2.20. The van der Waals surface area contributed by atoms with E-state index in [1.54, 1.807) is 4.57 Å². The molecule has 0 saturated carbocycles. The summed E-state index contributed by atoms with van der Waals surface area (Å²) in [5.74, 6) is 0. The number of likely N-dealkylation sites (N-methyl/N-ethyl adjacent to an activating group) is 1. The van der Waals surface area contributed by atoms with Gasteiger partial charge in [-0.2, -0.15) is 0 Å². The number of benzene rings is 1. The van der Waals surface area contributed by atoms with E-state index in [4.69, 9.17) is 17.0 Å². The second-order valence-corrected chi connectivity index (χ2v) is 8.10. The highest BCUT2D eigenvalue weighted by Gasteiger charge is 2.15. The van der Waals surface area contributed by atoms with Crippen LogP contribution in [0, 0.1) is 4.77 Å². The third-order valence-electron chi connectivity index (χ3n) is 5.79. The molecule has 152 valence electrons. The molecule has 0 spiro atoms. The normalized spacial score (nSPS) is 19.4. The van der Waals surface area contributed by atoms with E-state index in [2.05, 4.69) is 32.8 Å². The number of hydrogen-bond donors (Lipinski definition) is 1. The van der Waals surface area contributed by atoms with Gasteiger partial charge in [0.05, 0.1) is 24.1 Å². The van der Waals surface area contributed by atoms with E-state index in [9.17, 15) is 4.79 Å². The van der Waals surface area contributed by atoms with Crippen molar-refractivity contribution in [1.29, 1.82) is 0 Å². The topological polar surface area (TPSA) is 56.7 Å². The minimum absolute atomic E-state index is 0.00670. The molecule has 0 bridgehead atoms. The van der Waals surface area contributed by atoms with Crippen LogP contribution in [0.1, 0.15) is 6.42 Å². The number of nitrogens with one attached hydrogen (secondary N) is 1. The Bertz CT molecular complexity index is 926. The number of aromatic nitrogens is 2. The van der Waals surface area contributed by atoms with Gasteiger partial charge in [-0.05, 0) is 50.4 Å². The third-order valence-corrected chi connectivity index (χ3v) is 6.12. The number of hydrogen-bond acceptors (Lipinski definition) is 6. The lowest BCUT2D eigenvalue weighted by atomic mass is 10.2. The molecule has 0 aliphatic carbocycles. The van der Waals surface area contributed by atoms with Crippen molar-refractivity contribution in [1.82, 2.24) is 19.4 Å². The van der Waals surface area contributed by atoms with Gasteiger partial charge in [-0.25, -0.2) is 0 Å². The molecule has 28 heavy (non-hydrogen) atoms. The number of ether oxygens (including phenoxy) is 1. The maximum atomic E-state index is 13.1. The fourth-order valence-corrected chi connectivity index (χ4v) is 4.27. The molecule has 8 heteroatoms. The summed E-state index contributed by atoms with van der Waals surface area (Å²) in [5.41, 5.74) is 1.89. The first kappa shape index (κ1) is 19.6. The Hall–Kier alpha value is -1.74. The molecule has 1 aromatic carbocycles. The Morgan fingerprint density at radius 2 is 1.82 bits per heavy atom. The van der Waals surface area contributed by atoms with Crippen molar-refractivity contribution in [3.05, 3.63) is 33.3 Å². The average molecular weight is 404 g/mol. The first-order valence-corrected chi connectivity index (χ1v) is 10.5. The Labute approximate surface area is 170 Å². The molecule has 7 nitrogen and oxygen atoms in total. The lowest BCUT2D eigenvalue weighted by Gasteiger charge is -2.32. The summed E-state index contributed by atoms with van der Waals surface area (Å²) < 4.78 is 7.66. The maximum Gasteiger partial charge on any atom is 0.262 e. The molecule has 1 N–H and O–H groups in total. The van der Waals surface area contributed by atoms with Crippen molar-refractivity contribution in [2.45, 2.75) is 13.0 Å². The number of fused-ring (bicyclic) bond motifs is 1. The Balaban J connectivity index is 1.51. The van der Waals surface area contributed by atoms with Gasteiger partial charge < -0.3 is 24.4 Å². The molecule has 3 heterocycles. The average Bonchev–Trinajstić information content (AvgIpc) is 2.72. The number of rotatable bonds is 5. The second-order valence-electron chi connectivity index (χ2n) is 7.71. The highest BCUT2D eigenvalue weighted by molar-refractivity contribution is 7.71. The number of anilines is 1. The summed E-state index contributed by atoms with van der Waals surface area (Å²) in [6.07, 6.45) is 0.926. The van der Waals surface area contributed by atoms with E-state index < -0.39 is 0 Å². The molecule has 2 aliphatic rings. The standard InChI is InChI=1S/C20H29N5O2S/c1-22-7-9-23(10-8-22)5-2-6-25-19(26)17-15-16(24-11-13-27-14-12-24)3-4-18(17)21-20(25)28/h3-4,15H,2,5-14H2,1H3,(H,21,28). The molecule has 2 aromatic rings. The fourth-order valence-electron chi connectivity index (χ4n) is 3.98. The van der Waals surface area contributed by atoms with Gasteiger partial charge >= 0.3 is 0 Å². The van der Waals surface area contributed by atoms with Gasteiger partial charge in [-0.1, -0.05) is 0 Å². The van der Waals surface area contributed by atoms with Gasteiger partial charge in [0, 0.05) is 51.5 Å². The van der Waals surface area contributed by atoms with Crippen LogP contribution in [0.15, 0.2) is 23.0 Å². The molecule has 2 fully saturated rings. The summed E-state index contributed by atoms with van der Waals surface area (Å²) in [7, 11) is 2.16. The van der Waals surface area contributed by atoms with E-state index in [1.807, 2.05) is 12.1 Å². The molecular weight excluding hydrogens is 374 g/mol. The van der Waals surface area contributed by atoms with Crippen LogP contribution in [0.25, 0.3) is 10.9 Å². The summed E-state index contributed by atoms with van der Waals surface area (Å²) in [6, 6.07) is 6.01. The van der Waals surface area contributed by atoms with Crippen molar-refractivity contribution >= 4 is 28.8 Å². The van der Waals surface area contributed by atoms with E-state index in [1.165, 1.54) is 0 Å². The predicted octanol–water partition coefficient (Wildman–Crippen LogP) is 1.53. The van der Waals surface area contributed by atoms with Crippen molar-refractivity contribution < 1.29 is 4.74 Å². The molecule has 0 amide bonds. The van der Waals surface area contributed by atoms with Gasteiger partial charge in [0.25, 0.3) is 5.56 Å². The SMILES string of the molecule is CN1CCN(CCCn2c(=S)[nH]c3ccc(N4CCOCC4)cc3c2=O)CC1.